The van der Waals surface area contributed by atoms with Crippen LogP contribution in [0, 0.1) is 6.92 Å². The van der Waals surface area contributed by atoms with Gasteiger partial charge in [-0.15, -0.1) is 0 Å². The van der Waals surface area contributed by atoms with Gasteiger partial charge in [-0.2, -0.15) is 8.78 Å². The summed E-state index contributed by atoms with van der Waals surface area (Å²) in [6.07, 6.45) is -3.75. The van der Waals surface area contributed by atoms with Crippen molar-refractivity contribution in [2.24, 2.45) is 0 Å². The molecule has 0 spiro atoms. The molecule has 7 heteroatoms. The zero-order valence-corrected chi connectivity index (χ0v) is 10.2. The van der Waals surface area contributed by atoms with Crippen molar-refractivity contribution in [3.8, 4) is 0 Å². The number of benzene rings is 1. The van der Waals surface area contributed by atoms with Gasteiger partial charge in [0.1, 0.15) is 0 Å². The Morgan fingerprint density at radius 2 is 2.05 bits per heavy atom. The van der Waals surface area contributed by atoms with E-state index in [-0.39, 0.29) is 0 Å². The fraction of sp³-hybridized carbons (Fsp3) is 0.417. The Morgan fingerprint density at radius 3 is 2.63 bits per heavy atom. The Kier molecular flexibility index (Phi) is 5.29. The van der Waals surface area contributed by atoms with Crippen LogP contribution >= 0.6 is 0 Å². The number of nitrogens with one attached hydrogen (secondary N) is 2. The van der Waals surface area contributed by atoms with Crippen molar-refractivity contribution in [2.75, 3.05) is 18.4 Å². The van der Waals surface area contributed by atoms with Gasteiger partial charge in [-0.25, -0.2) is 8.78 Å². The fourth-order valence-electron chi connectivity index (χ4n) is 1.35. The minimum Gasteiger partial charge on any atom is -0.325 e. The summed E-state index contributed by atoms with van der Waals surface area (Å²) in [6, 6.07) is 6.89. The van der Waals surface area contributed by atoms with E-state index in [4.69, 9.17) is 0 Å². The highest BCUT2D eigenvalue weighted by atomic mass is 19.3. The van der Waals surface area contributed by atoms with Crippen molar-refractivity contribution in [3.05, 3.63) is 29.8 Å². The maximum Gasteiger partial charge on any atom is 0.319 e. The molecule has 1 amide bonds. The molecule has 0 aliphatic rings. The van der Waals surface area contributed by atoms with E-state index in [0.717, 1.165) is 5.56 Å². The van der Waals surface area contributed by atoms with Crippen LogP contribution in [0.25, 0.3) is 0 Å². The Labute approximate surface area is 108 Å². The van der Waals surface area contributed by atoms with E-state index in [9.17, 15) is 22.4 Å². The third-order valence-corrected chi connectivity index (χ3v) is 2.27. The van der Waals surface area contributed by atoms with Crippen LogP contribution in [0.4, 0.5) is 23.2 Å². The van der Waals surface area contributed by atoms with Crippen LogP contribution in [0.5, 0.6) is 0 Å². The second-order valence-electron chi connectivity index (χ2n) is 4.08. The average molecular weight is 278 g/mol. The quantitative estimate of drug-likeness (QED) is 0.785. The molecule has 106 valence electrons. The standard InChI is InChI=1S/C12H14F4N2O/c1-8-3-2-4-9(5-8)18-10(19)6-17-7-12(15,16)11(13)14/h2-5,11,17H,6-7H2,1H3,(H,18,19). The summed E-state index contributed by atoms with van der Waals surface area (Å²) in [7, 11) is 0. The van der Waals surface area contributed by atoms with Crippen LogP contribution in [-0.4, -0.2) is 31.3 Å². The highest BCUT2D eigenvalue weighted by Gasteiger charge is 2.40. The predicted octanol–water partition coefficient (Wildman–Crippen LogP) is 2.42. The first-order valence-electron chi connectivity index (χ1n) is 5.54. The number of carbonyl (C=O) groups is 1. The van der Waals surface area contributed by atoms with Crippen LogP contribution in [0.1, 0.15) is 5.56 Å². The zero-order valence-electron chi connectivity index (χ0n) is 10.2. The molecule has 0 aromatic heterocycles. The third kappa shape index (κ3) is 5.25. The first-order chi connectivity index (χ1) is 8.81. The number of aryl methyl sites for hydroxylation is 1. The third-order valence-electron chi connectivity index (χ3n) is 2.27. The van der Waals surface area contributed by atoms with Crippen LogP contribution in [0.2, 0.25) is 0 Å². The van der Waals surface area contributed by atoms with Gasteiger partial charge in [0.15, 0.2) is 0 Å². The number of amides is 1. The maximum atomic E-state index is 12.5. The normalized spacial score (nSPS) is 11.7. The van der Waals surface area contributed by atoms with Gasteiger partial charge in [-0.3, -0.25) is 4.79 Å². The molecule has 2 N–H and O–H groups in total. The van der Waals surface area contributed by atoms with Gasteiger partial charge < -0.3 is 10.6 Å². The van der Waals surface area contributed by atoms with E-state index in [1.165, 1.54) is 0 Å². The molecule has 1 aromatic rings. The molecule has 3 nitrogen and oxygen atoms in total. The van der Waals surface area contributed by atoms with E-state index < -0.39 is 31.3 Å². The van der Waals surface area contributed by atoms with Crippen LogP contribution in [0.3, 0.4) is 0 Å². The molecule has 0 unspecified atom stereocenters. The first kappa shape index (κ1) is 15.4. The van der Waals surface area contributed by atoms with Gasteiger partial charge >= 0.3 is 12.3 Å². The summed E-state index contributed by atoms with van der Waals surface area (Å²) >= 11 is 0. The van der Waals surface area contributed by atoms with Gasteiger partial charge in [-0.1, -0.05) is 12.1 Å². The highest BCUT2D eigenvalue weighted by Crippen LogP contribution is 2.21. The number of hydrogen-bond donors (Lipinski definition) is 2. The van der Waals surface area contributed by atoms with Crippen LogP contribution in [-0.2, 0) is 4.79 Å². The van der Waals surface area contributed by atoms with E-state index in [1.54, 1.807) is 18.2 Å². The monoisotopic (exact) mass is 278 g/mol. The van der Waals surface area contributed by atoms with Crippen molar-refractivity contribution in [1.29, 1.82) is 0 Å². The van der Waals surface area contributed by atoms with Gasteiger partial charge in [-0.05, 0) is 24.6 Å². The van der Waals surface area contributed by atoms with E-state index in [2.05, 4.69) is 5.32 Å². The summed E-state index contributed by atoms with van der Waals surface area (Å²) < 4.78 is 48.7. The lowest BCUT2D eigenvalue weighted by molar-refractivity contribution is -0.127. The van der Waals surface area contributed by atoms with Crippen LogP contribution in [0.15, 0.2) is 24.3 Å². The summed E-state index contributed by atoms with van der Waals surface area (Å²) in [5.41, 5.74) is 1.45. The molecule has 0 saturated heterocycles. The first-order valence-corrected chi connectivity index (χ1v) is 5.54. The maximum absolute atomic E-state index is 12.5. The molecule has 0 aliphatic carbocycles. The van der Waals surface area contributed by atoms with E-state index in [1.807, 2.05) is 18.3 Å². The Morgan fingerprint density at radius 1 is 1.37 bits per heavy atom. The molecule has 0 atom stereocenters. The molecule has 0 bridgehead atoms. The molecule has 0 saturated carbocycles. The summed E-state index contributed by atoms with van der Waals surface area (Å²) in [5.74, 6) is -4.71. The molecular weight excluding hydrogens is 264 g/mol. The summed E-state index contributed by atoms with van der Waals surface area (Å²) in [5, 5.41) is 4.46. The van der Waals surface area contributed by atoms with Gasteiger partial charge in [0.05, 0.1) is 13.1 Å². The Bertz CT molecular complexity index is 437. The fourth-order valence-corrected chi connectivity index (χ4v) is 1.35. The largest absolute Gasteiger partial charge is 0.325 e. The molecule has 0 fully saturated rings. The Balaban J connectivity index is 2.37. The molecule has 1 rings (SSSR count). The lowest BCUT2D eigenvalue weighted by Gasteiger charge is -2.15. The highest BCUT2D eigenvalue weighted by molar-refractivity contribution is 5.92. The minimum atomic E-state index is -4.14. The average Bonchev–Trinajstić information content (AvgIpc) is 2.28. The smallest absolute Gasteiger partial charge is 0.319 e. The molecule has 0 radical (unpaired) electrons. The van der Waals surface area contributed by atoms with Crippen molar-refractivity contribution in [1.82, 2.24) is 5.32 Å². The van der Waals surface area contributed by atoms with Crippen LogP contribution < -0.4 is 10.6 Å². The SMILES string of the molecule is Cc1cccc(NC(=O)CNCC(F)(F)C(F)F)c1. The number of rotatable bonds is 6. The number of alkyl halides is 4. The van der Waals surface area contributed by atoms with Gasteiger partial charge in [0, 0.05) is 5.69 Å². The number of anilines is 1. The summed E-state index contributed by atoms with van der Waals surface area (Å²) in [6.45, 7) is 0.124. The predicted molar refractivity (Wildman–Crippen MR) is 63.6 cm³/mol. The van der Waals surface area contributed by atoms with Gasteiger partial charge in [0.25, 0.3) is 0 Å². The molecule has 0 aliphatic heterocycles. The zero-order chi connectivity index (χ0) is 14.5. The number of halogens is 4. The topological polar surface area (TPSA) is 41.1 Å². The molecule has 1 aromatic carbocycles. The van der Waals surface area contributed by atoms with Crippen molar-refractivity contribution in [3.63, 3.8) is 0 Å². The lowest BCUT2D eigenvalue weighted by Crippen LogP contribution is -2.41. The number of hydrogen-bond acceptors (Lipinski definition) is 2. The summed E-state index contributed by atoms with van der Waals surface area (Å²) in [4.78, 5) is 11.4. The second-order valence-corrected chi connectivity index (χ2v) is 4.08. The van der Waals surface area contributed by atoms with E-state index >= 15 is 0 Å². The second kappa shape index (κ2) is 6.51. The van der Waals surface area contributed by atoms with Crippen molar-refractivity contribution >= 4 is 11.6 Å². The number of carbonyl (C=O) groups excluding carboxylic acids is 1. The Hall–Kier alpha value is -1.63. The van der Waals surface area contributed by atoms with Crippen molar-refractivity contribution < 1.29 is 22.4 Å². The molecular formula is C12H14F4N2O. The van der Waals surface area contributed by atoms with Gasteiger partial charge in [0.2, 0.25) is 5.91 Å². The minimum absolute atomic E-state index is 0.462. The molecule has 0 heterocycles. The van der Waals surface area contributed by atoms with Crippen molar-refractivity contribution in [2.45, 2.75) is 19.3 Å². The molecule has 19 heavy (non-hydrogen) atoms. The van der Waals surface area contributed by atoms with E-state index in [0.29, 0.717) is 5.69 Å². The lowest BCUT2D eigenvalue weighted by atomic mass is 10.2.